The Morgan fingerprint density at radius 2 is 2.42 bits per heavy atom. The zero-order valence-corrected chi connectivity index (χ0v) is 8.68. The Morgan fingerprint density at radius 1 is 1.67 bits per heavy atom. The van der Waals surface area contributed by atoms with Crippen LogP contribution in [0.5, 0.6) is 5.75 Å². The van der Waals surface area contributed by atoms with Crippen molar-refractivity contribution < 1.29 is 4.74 Å². The number of methoxy groups -OCH3 is 1. The lowest BCUT2D eigenvalue weighted by atomic mass is 10.3. The monoisotopic (exact) mass is 230 g/mol. The molecule has 1 heterocycles. The number of nitrogens with one attached hydrogen (secondary N) is 1. The van der Waals surface area contributed by atoms with Gasteiger partial charge in [0.15, 0.2) is 5.75 Å². The van der Waals surface area contributed by atoms with Gasteiger partial charge in [0.05, 0.1) is 23.5 Å². The van der Waals surface area contributed by atoms with Gasteiger partial charge >= 0.3 is 0 Å². The van der Waals surface area contributed by atoms with Gasteiger partial charge in [-0.3, -0.25) is 4.98 Å². The van der Waals surface area contributed by atoms with Gasteiger partial charge in [-0.25, -0.2) is 0 Å². The molecule has 3 nitrogen and oxygen atoms in total. The summed E-state index contributed by atoms with van der Waals surface area (Å²) in [5.74, 6) is 0.759. The Bertz CT molecular complexity index is 265. The van der Waals surface area contributed by atoms with Crippen molar-refractivity contribution in [3.8, 4) is 5.75 Å². The van der Waals surface area contributed by atoms with Gasteiger partial charge in [0.1, 0.15) is 0 Å². The van der Waals surface area contributed by atoms with E-state index in [2.05, 4.69) is 26.2 Å². The van der Waals surface area contributed by atoms with Crippen LogP contribution in [0, 0.1) is 0 Å². The van der Waals surface area contributed by atoms with Crippen molar-refractivity contribution in [3.05, 3.63) is 22.4 Å². The van der Waals surface area contributed by atoms with Gasteiger partial charge in [-0.1, -0.05) is 0 Å². The number of ether oxygens (including phenoxy) is 1. The van der Waals surface area contributed by atoms with Crippen molar-refractivity contribution >= 4 is 15.9 Å². The number of aromatic nitrogens is 1. The van der Waals surface area contributed by atoms with Gasteiger partial charge in [0, 0.05) is 6.54 Å². The Kier molecular flexibility index (Phi) is 3.49. The van der Waals surface area contributed by atoms with Crippen LogP contribution < -0.4 is 10.1 Å². The first-order valence-electron chi connectivity index (χ1n) is 3.61. The van der Waals surface area contributed by atoms with E-state index in [0.717, 1.165) is 22.5 Å². The minimum absolute atomic E-state index is 0.759. The molecule has 1 rings (SSSR count). The van der Waals surface area contributed by atoms with E-state index >= 15 is 0 Å². The van der Waals surface area contributed by atoms with Crippen LogP contribution in [-0.4, -0.2) is 19.1 Å². The van der Waals surface area contributed by atoms with Crippen molar-refractivity contribution in [1.82, 2.24) is 10.3 Å². The Balaban J connectivity index is 2.86. The highest BCUT2D eigenvalue weighted by molar-refractivity contribution is 9.10. The van der Waals surface area contributed by atoms with Gasteiger partial charge in [-0.2, -0.15) is 0 Å². The second-order valence-electron chi connectivity index (χ2n) is 2.34. The van der Waals surface area contributed by atoms with Crippen molar-refractivity contribution in [1.29, 1.82) is 0 Å². The lowest BCUT2D eigenvalue weighted by Crippen LogP contribution is -2.06. The number of hydrogen-bond acceptors (Lipinski definition) is 3. The summed E-state index contributed by atoms with van der Waals surface area (Å²) in [4.78, 5) is 4.18. The summed E-state index contributed by atoms with van der Waals surface area (Å²) in [6.45, 7) is 0.766. The molecule has 0 saturated heterocycles. The molecule has 66 valence electrons. The number of nitrogens with zero attached hydrogens (tertiary/aromatic N) is 1. The Labute approximate surface area is 80.3 Å². The number of hydrogen-bond donors (Lipinski definition) is 1. The summed E-state index contributed by atoms with van der Waals surface area (Å²) >= 11 is 3.38. The van der Waals surface area contributed by atoms with Crippen molar-refractivity contribution in [2.75, 3.05) is 14.2 Å². The predicted molar refractivity (Wildman–Crippen MR) is 51.3 cm³/mol. The molecule has 0 radical (unpaired) electrons. The summed E-state index contributed by atoms with van der Waals surface area (Å²) < 4.78 is 5.98. The van der Waals surface area contributed by atoms with E-state index in [4.69, 9.17) is 4.74 Å². The molecule has 1 N–H and O–H groups in total. The second kappa shape index (κ2) is 4.42. The average Bonchev–Trinajstić information content (AvgIpc) is 2.05. The van der Waals surface area contributed by atoms with Crippen LogP contribution in [0.1, 0.15) is 5.69 Å². The van der Waals surface area contributed by atoms with Gasteiger partial charge in [-0.15, -0.1) is 0 Å². The highest BCUT2D eigenvalue weighted by Gasteiger charge is 2.00. The Morgan fingerprint density at radius 3 is 2.92 bits per heavy atom. The highest BCUT2D eigenvalue weighted by Crippen LogP contribution is 2.23. The third-order valence-electron chi connectivity index (χ3n) is 1.45. The fraction of sp³-hybridized carbons (Fsp3) is 0.375. The minimum Gasteiger partial charge on any atom is -0.494 e. The molecule has 0 amide bonds. The molecular weight excluding hydrogens is 220 g/mol. The van der Waals surface area contributed by atoms with Crippen molar-refractivity contribution in [2.24, 2.45) is 0 Å². The lowest BCUT2D eigenvalue weighted by molar-refractivity contribution is 0.409. The molecule has 0 spiro atoms. The minimum atomic E-state index is 0.759. The standard InChI is InChI=1S/C8H11BrN2O/c1-10-4-6-3-7(9)8(12-2)5-11-6/h3,5,10H,4H2,1-2H3. The van der Waals surface area contributed by atoms with E-state index < -0.39 is 0 Å². The SMILES string of the molecule is CNCc1cc(Br)c(OC)cn1. The summed E-state index contributed by atoms with van der Waals surface area (Å²) in [7, 11) is 3.51. The molecule has 0 unspecified atom stereocenters. The van der Waals surface area contributed by atoms with E-state index in [1.807, 2.05) is 13.1 Å². The van der Waals surface area contributed by atoms with Crippen LogP contribution in [0.3, 0.4) is 0 Å². The van der Waals surface area contributed by atoms with Crippen LogP contribution in [0.25, 0.3) is 0 Å². The van der Waals surface area contributed by atoms with Crippen molar-refractivity contribution in [3.63, 3.8) is 0 Å². The third-order valence-corrected chi connectivity index (χ3v) is 2.07. The molecule has 1 aromatic heterocycles. The smallest absolute Gasteiger partial charge is 0.151 e. The average molecular weight is 231 g/mol. The van der Waals surface area contributed by atoms with E-state index in [9.17, 15) is 0 Å². The Hall–Kier alpha value is -0.610. The first-order chi connectivity index (χ1) is 5.77. The maximum absolute atomic E-state index is 5.05. The summed E-state index contributed by atoms with van der Waals surface area (Å²) in [6.07, 6.45) is 1.71. The predicted octanol–water partition coefficient (Wildman–Crippen LogP) is 1.57. The number of pyridine rings is 1. The normalized spacial score (nSPS) is 9.92. The molecule has 4 heteroatoms. The second-order valence-corrected chi connectivity index (χ2v) is 3.19. The zero-order chi connectivity index (χ0) is 8.97. The first-order valence-corrected chi connectivity index (χ1v) is 4.40. The fourth-order valence-corrected chi connectivity index (χ4v) is 1.41. The number of halogens is 1. The zero-order valence-electron chi connectivity index (χ0n) is 7.10. The molecule has 0 aliphatic heterocycles. The molecule has 1 aromatic rings. The van der Waals surface area contributed by atoms with E-state index in [0.29, 0.717) is 0 Å². The quantitative estimate of drug-likeness (QED) is 0.857. The largest absolute Gasteiger partial charge is 0.494 e. The molecular formula is C8H11BrN2O. The molecule has 0 aliphatic rings. The molecule has 0 aromatic carbocycles. The fourth-order valence-electron chi connectivity index (χ4n) is 0.886. The summed E-state index contributed by atoms with van der Waals surface area (Å²) in [5.41, 5.74) is 0.991. The molecule has 0 saturated carbocycles. The molecule has 0 atom stereocenters. The first kappa shape index (κ1) is 9.48. The molecule has 12 heavy (non-hydrogen) atoms. The van der Waals surface area contributed by atoms with E-state index in [1.54, 1.807) is 13.3 Å². The van der Waals surface area contributed by atoms with Crippen LogP contribution in [-0.2, 0) is 6.54 Å². The third kappa shape index (κ3) is 2.19. The lowest BCUT2D eigenvalue weighted by Gasteiger charge is -2.04. The van der Waals surface area contributed by atoms with Crippen LogP contribution in [0.4, 0.5) is 0 Å². The topological polar surface area (TPSA) is 34.1 Å². The van der Waals surface area contributed by atoms with E-state index in [1.165, 1.54) is 0 Å². The summed E-state index contributed by atoms with van der Waals surface area (Å²) in [6, 6.07) is 1.94. The molecule has 0 fully saturated rings. The van der Waals surface area contributed by atoms with Crippen LogP contribution in [0.15, 0.2) is 16.7 Å². The number of rotatable bonds is 3. The molecule has 0 aliphatic carbocycles. The van der Waals surface area contributed by atoms with Gasteiger partial charge in [0.25, 0.3) is 0 Å². The maximum Gasteiger partial charge on any atom is 0.151 e. The highest BCUT2D eigenvalue weighted by atomic mass is 79.9. The van der Waals surface area contributed by atoms with Crippen molar-refractivity contribution in [2.45, 2.75) is 6.54 Å². The maximum atomic E-state index is 5.05. The van der Waals surface area contributed by atoms with Gasteiger partial charge in [0.2, 0.25) is 0 Å². The summed E-state index contributed by atoms with van der Waals surface area (Å²) in [5, 5.41) is 3.02. The van der Waals surface area contributed by atoms with Crippen LogP contribution in [0.2, 0.25) is 0 Å². The van der Waals surface area contributed by atoms with Gasteiger partial charge < -0.3 is 10.1 Å². The van der Waals surface area contributed by atoms with Crippen LogP contribution >= 0.6 is 15.9 Å². The van der Waals surface area contributed by atoms with E-state index in [-0.39, 0.29) is 0 Å². The van der Waals surface area contributed by atoms with Gasteiger partial charge in [-0.05, 0) is 29.0 Å². The molecule has 0 bridgehead atoms.